The summed E-state index contributed by atoms with van der Waals surface area (Å²) in [6.45, 7) is 4.29. The predicted molar refractivity (Wildman–Crippen MR) is 202 cm³/mol. The topological polar surface area (TPSA) is 75.8 Å². The molecule has 7 rings (SSSR count). The van der Waals surface area contributed by atoms with Gasteiger partial charge in [0, 0.05) is 45.3 Å². The molecule has 0 saturated carbocycles. The van der Waals surface area contributed by atoms with E-state index in [0.29, 0.717) is 22.5 Å². The Morgan fingerprint density at radius 3 is 1.79 bits per heavy atom. The van der Waals surface area contributed by atoms with E-state index >= 15 is 0 Å². The van der Waals surface area contributed by atoms with Crippen LogP contribution in [0.4, 0.5) is 17.6 Å². The Morgan fingerprint density at radius 1 is 0.596 bits per heavy atom. The number of H-pyrrole nitrogens is 2. The van der Waals surface area contributed by atoms with Gasteiger partial charge in [0.15, 0.2) is 0 Å². The Kier molecular flexibility index (Phi) is 14.6. The Bertz CT molecular complexity index is 2300. The fourth-order valence-electron chi connectivity index (χ4n) is 6.11. The molecular formula is C40H36F4K2N4O2. The molecule has 8 bridgehead atoms. The van der Waals surface area contributed by atoms with Gasteiger partial charge in [-0.2, -0.15) is 0 Å². The monoisotopic (exact) mass is 758 g/mol. The second-order valence-corrected chi connectivity index (χ2v) is 12.4. The van der Waals surface area contributed by atoms with Gasteiger partial charge in [-0.25, -0.2) is 27.5 Å². The molecule has 5 heterocycles. The fourth-order valence-corrected chi connectivity index (χ4v) is 6.11. The molecule has 0 aliphatic carbocycles. The summed E-state index contributed by atoms with van der Waals surface area (Å²) in [5.74, 6) is -2.44. The van der Waals surface area contributed by atoms with E-state index in [1.54, 1.807) is 0 Å². The van der Waals surface area contributed by atoms with Crippen molar-refractivity contribution < 1.29 is 27.0 Å². The van der Waals surface area contributed by atoms with Crippen LogP contribution >= 0.6 is 0 Å². The van der Waals surface area contributed by atoms with Crippen LogP contribution < -0.4 is 0 Å². The van der Waals surface area contributed by atoms with E-state index in [0.717, 1.165) is 56.7 Å². The quantitative estimate of drug-likeness (QED) is 0.109. The third-order valence-electron chi connectivity index (χ3n) is 8.74. The van der Waals surface area contributed by atoms with E-state index in [2.05, 4.69) is 9.97 Å². The van der Waals surface area contributed by atoms with Crippen LogP contribution in [0.15, 0.2) is 78.9 Å². The number of ether oxygens (including phenoxy) is 2. The van der Waals surface area contributed by atoms with Crippen LogP contribution in [0.1, 0.15) is 59.4 Å². The van der Waals surface area contributed by atoms with Crippen LogP contribution in [0.2, 0.25) is 0 Å². The predicted octanol–water partition coefficient (Wildman–Crippen LogP) is 8.25. The van der Waals surface area contributed by atoms with Gasteiger partial charge in [-0.15, -0.1) is 0 Å². The van der Waals surface area contributed by atoms with Crippen molar-refractivity contribution in [3.05, 3.63) is 142 Å². The Balaban J connectivity index is 0.00000261. The van der Waals surface area contributed by atoms with Gasteiger partial charge in [-0.3, -0.25) is 0 Å². The molecule has 0 amide bonds. The van der Waals surface area contributed by atoms with Gasteiger partial charge in [0.1, 0.15) is 23.3 Å². The summed E-state index contributed by atoms with van der Waals surface area (Å²) in [4.78, 5) is 16.6. The molecule has 0 spiro atoms. The van der Waals surface area contributed by atoms with Crippen molar-refractivity contribution >= 4 is 149 Å². The summed E-state index contributed by atoms with van der Waals surface area (Å²) in [7, 11) is 0. The number of nitrogens with one attached hydrogen (secondary N) is 2. The molecule has 5 aromatic rings. The molecule has 2 aliphatic rings. The first-order chi connectivity index (χ1) is 24.2. The average Bonchev–Trinajstić information content (AvgIpc) is 3.88. The van der Waals surface area contributed by atoms with Crippen LogP contribution in [0.25, 0.3) is 45.9 Å². The van der Waals surface area contributed by atoms with Crippen molar-refractivity contribution in [1.29, 1.82) is 0 Å². The van der Waals surface area contributed by atoms with Gasteiger partial charge in [0.2, 0.25) is 0 Å². The number of halogens is 4. The zero-order valence-electron chi connectivity index (χ0n) is 27.4. The molecule has 0 radical (unpaired) electrons. The summed E-state index contributed by atoms with van der Waals surface area (Å²) in [5, 5.41) is 0. The van der Waals surface area contributed by atoms with Crippen molar-refractivity contribution in [2.24, 2.45) is 0 Å². The zero-order chi connectivity index (χ0) is 34.8. The summed E-state index contributed by atoms with van der Waals surface area (Å²) in [6, 6.07) is 20.9. The molecule has 2 aromatic carbocycles. The second kappa shape index (κ2) is 18.5. The third kappa shape index (κ3) is 10.2. The van der Waals surface area contributed by atoms with Crippen molar-refractivity contribution in [3.8, 4) is 0 Å². The molecule has 2 unspecified atom stereocenters. The zero-order valence-corrected chi connectivity index (χ0v) is 27.4. The normalized spacial score (nSPS) is 13.2. The number of hydrogen-bond donors (Lipinski definition) is 2. The number of aromatic amines is 2. The molecule has 2 N–H and O–H groups in total. The molecule has 12 heteroatoms. The van der Waals surface area contributed by atoms with E-state index in [9.17, 15) is 17.6 Å². The first-order valence-corrected chi connectivity index (χ1v) is 16.4. The molecular weight excluding hydrogens is 723 g/mol. The summed E-state index contributed by atoms with van der Waals surface area (Å²) in [5.41, 5.74) is 8.76. The van der Waals surface area contributed by atoms with Gasteiger partial charge in [0.25, 0.3) is 0 Å². The van der Waals surface area contributed by atoms with Crippen molar-refractivity contribution in [2.75, 3.05) is 13.2 Å². The van der Waals surface area contributed by atoms with Crippen LogP contribution in [0.3, 0.4) is 0 Å². The SMILES string of the molecule is CC(OCCc1ccc(F)cc1F)C1=Cc2cc3[nH]c(cc4nc(cc5ccc(cc1n2)[nH]5)C=C4)cc3C(C)OCCc1ccc(F)cc1F.[KH].[KH]. The number of benzene rings is 2. The first kappa shape index (κ1) is 41.1. The standard InChI is InChI=1S/C40H34F4N4O2.2K.2H/c1-23(49-13-11-25-3-5-27(41)15-37(25)43)35-19-33-18-31-8-7-29(45-31)17-30-9-10-32(46-30)21-39-36(20-34(48-39)22-40(35)47-33)24(2)50-14-12-26-4-6-28(42)16-38(26)44;;;;/h3-10,15-24,46-47H,11-14H2,1-2H3;;;;. The molecule has 6 nitrogen and oxygen atoms in total. The molecule has 0 saturated heterocycles. The van der Waals surface area contributed by atoms with Crippen molar-refractivity contribution in [1.82, 2.24) is 19.9 Å². The fraction of sp³-hybridized carbons (Fsp3) is 0.200. The van der Waals surface area contributed by atoms with E-state index in [4.69, 9.17) is 19.4 Å². The Labute approximate surface area is 384 Å². The van der Waals surface area contributed by atoms with E-state index in [1.165, 1.54) is 24.3 Å². The van der Waals surface area contributed by atoms with E-state index in [-0.39, 0.29) is 135 Å². The van der Waals surface area contributed by atoms with Gasteiger partial charge >= 0.3 is 103 Å². The number of nitrogens with zero attached hydrogens (tertiary/aromatic N) is 2. The van der Waals surface area contributed by atoms with Crippen LogP contribution in [0.5, 0.6) is 0 Å². The van der Waals surface area contributed by atoms with Crippen LogP contribution in [-0.2, 0) is 22.3 Å². The third-order valence-corrected chi connectivity index (χ3v) is 8.74. The van der Waals surface area contributed by atoms with Crippen LogP contribution in [0, 0.1) is 23.3 Å². The molecule has 2 atom stereocenters. The minimum absolute atomic E-state index is 0. The summed E-state index contributed by atoms with van der Waals surface area (Å²) < 4.78 is 67.6. The maximum absolute atomic E-state index is 14.2. The van der Waals surface area contributed by atoms with E-state index in [1.807, 2.05) is 74.5 Å². The van der Waals surface area contributed by atoms with Gasteiger partial charge < -0.3 is 19.4 Å². The van der Waals surface area contributed by atoms with Crippen molar-refractivity contribution in [2.45, 2.75) is 38.9 Å². The maximum atomic E-state index is 14.2. The molecule has 0 fully saturated rings. The summed E-state index contributed by atoms with van der Waals surface area (Å²) >= 11 is 0. The van der Waals surface area contributed by atoms with Crippen molar-refractivity contribution in [3.63, 3.8) is 0 Å². The molecule has 3 aromatic heterocycles. The van der Waals surface area contributed by atoms with Crippen LogP contribution in [-0.4, -0.2) is 142 Å². The van der Waals surface area contributed by atoms with E-state index < -0.39 is 29.4 Å². The molecule has 2 aliphatic heterocycles. The number of rotatable bonds is 10. The Hall–Kier alpha value is -2.05. The molecule has 52 heavy (non-hydrogen) atoms. The molecule has 258 valence electrons. The number of hydrogen-bond acceptors (Lipinski definition) is 4. The number of aromatic nitrogens is 4. The Morgan fingerprint density at radius 2 is 1.17 bits per heavy atom. The van der Waals surface area contributed by atoms with Gasteiger partial charge in [0.05, 0.1) is 48.2 Å². The summed E-state index contributed by atoms with van der Waals surface area (Å²) in [6.07, 6.45) is 5.66. The average molecular weight is 759 g/mol. The first-order valence-electron chi connectivity index (χ1n) is 16.4. The number of fused-ring (bicyclic) bond motifs is 8. The minimum atomic E-state index is -0.619. The van der Waals surface area contributed by atoms with Gasteiger partial charge in [-0.1, -0.05) is 12.1 Å². The second-order valence-electron chi connectivity index (χ2n) is 12.4. The van der Waals surface area contributed by atoms with Gasteiger partial charge in [-0.05, 0) is 111 Å².